The summed E-state index contributed by atoms with van der Waals surface area (Å²) in [7, 11) is 0. The lowest BCUT2D eigenvalue weighted by Crippen LogP contribution is -2.44. The van der Waals surface area contributed by atoms with Crippen molar-refractivity contribution in [1.82, 2.24) is 25.9 Å². The molecular weight excluding hydrogens is 453 g/mol. The number of amides is 3. The first-order valence-corrected chi connectivity index (χ1v) is 10.4. The molecule has 0 bridgehead atoms. The van der Waals surface area contributed by atoms with E-state index in [0.717, 1.165) is 12.1 Å². The van der Waals surface area contributed by atoms with E-state index in [1.54, 1.807) is 38.1 Å². The van der Waals surface area contributed by atoms with Gasteiger partial charge < -0.3 is 5.32 Å². The maximum Gasteiger partial charge on any atom is 0.290 e. The SMILES string of the molecule is CC(C)n1nc(C(=O)NNC(=O)CCNC(=O)c2ccc(F)cc2Cl)c2ccccc2c1=O. The maximum atomic E-state index is 13.1. The predicted molar refractivity (Wildman–Crippen MR) is 120 cm³/mol. The monoisotopic (exact) mass is 473 g/mol. The third kappa shape index (κ3) is 5.53. The summed E-state index contributed by atoms with van der Waals surface area (Å²) < 4.78 is 14.3. The fourth-order valence-electron chi connectivity index (χ4n) is 3.03. The topological polar surface area (TPSA) is 122 Å². The molecule has 0 spiro atoms. The Morgan fingerprint density at radius 1 is 1.06 bits per heavy atom. The number of hydrogen-bond donors (Lipinski definition) is 3. The Labute approximate surface area is 192 Å². The quantitative estimate of drug-likeness (QED) is 0.474. The van der Waals surface area contributed by atoms with Gasteiger partial charge in [-0.15, -0.1) is 0 Å². The number of nitrogens with zero attached hydrogens (tertiary/aromatic N) is 2. The third-order valence-electron chi connectivity index (χ3n) is 4.66. The molecule has 0 radical (unpaired) electrons. The average Bonchev–Trinajstić information content (AvgIpc) is 2.77. The van der Waals surface area contributed by atoms with Crippen molar-refractivity contribution in [3.05, 3.63) is 74.9 Å². The second-order valence-electron chi connectivity index (χ2n) is 7.37. The van der Waals surface area contributed by atoms with Crippen LogP contribution in [0.25, 0.3) is 10.8 Å². The summed E-state index contributed by atoms with van der Waals surface area (Å²) in [4.78, 5) is 49.4. The zero-order valence-corrected chi connectivity index (χ0v) is 18.6. The van der Waals surface area contributed by atoms with Crippen molar-refractivity contribution in [2.45, 2.75) is 26.3 Å². The molecule has 3 rings (SSSR count). The molecule has 3 aromatic rings. The van der Waals surface area contributed by atoms with Crippen LogP contribution >= 0.6 is 11.6 Å². The van der Waals surface area contributed by atoms with Crippen molar-refractivity contribution in [3.8, 4) is 0 Å². The van der Waals surface area contributed by atoms with E-state index < -0.39 is 23.5 Å². The van der Waals surface area contributed by atoms with Gasteiger partial charge in [-0.3, -0.25) is 30.0 Å². The molecule has 0 fully saturated rings. The van der Waals surface area contributed by atoms with Gasteiger partial charge in [0.1, 0.15) is 5.82 Å². The number of benzene rings is 2. The van der Waals surface area contributed by atoms with Crippen LogP contribution in [0.4, 0.5) is 4.39 Å². The molecular formula is C22H21ClFN5O4. The Hall–Kier alpha value is -3.79. The van der Waals surface area contributed by atoms with E-state index in [4.69, 9.17) is 11.6 Å². The molecule has 9 nitrogen and oxygen atoms in total. The first-order valence-electron chi connectivity index (χ1n) is 10.0. The van der Waals surface area contributed by atoms with E-state index in [1.165, 1.54) is 10.7 Å². The van der Waals surface area contributed by atoms with Crippen LogP contribution in [0, 0.1) is 5.82 Å². The third-order valence-corrected chi connectivity index (χ3v) is 4.97. The van der Waals surface area contributed by atoms with E-state index in [2.05, 4.69) is 21.3 Å². The molecule has 0 unspecified atom stereocenters. The molecule has 2 aromatic carbocycles. The second-order valence-corrected chi connectivity index (χ2v) is 7.78. The minimum Gasteiger partial charge on any atom is -0.351 e. The number of hydrazine groups is 1. The number of aromatic nitrogens is 2. The van der Waals surface area contributed by atoms with Crippen LogP contribution in [-0.2, 0) is 4.79 Å². The fourth-order valence-corrected chi connectivity index (χ4v) is 3.28. The number of fused-ring (bicyclic) bond motifs is 1. The van der Waals surface area contributed by atoms with Gasteiger partial charge in [0, 0.05) is 18.4 Å². The Morgan fingerprint density at radius 2 is 1.76 bits per heavy atom. The van der Waals surface area contributed by atoms with Crippen LogP contribution in [0.3, 0.4) is 0 Å². The summed E-state index contributed by atoms with van der Waals surface area (Å²) in [6, 6.07) is 9.63. The molecule has 0 saturated heterocycles. The highest BCUT2D eigenvalue weighted by Gasteiger charge is 2.18. The first-order chi connectivity index (χ1) is 15.7. The predicted octanol–water partition coefficient (Wildman–Crippen LogP) is 2.35. The number of nitrogens with one attached hydrogen (secondary N) is 3. The highest BCUT2D eigenvalue weighted by molar-refractivity contribution is 6.33. The van der Waals surface area contributed by atoms with E-state index in [1.807, 2.05) is 0 Å². The Balaban J connectivity index is 1.60. The minimum atomic E-state index is -0.698. The van der Waals surface area contributed by atoms with E-state index in [9.17, 15) is 23.6 Å². The zero-order chi connectivity index (χ0) is 24.1. The molecule has 3 amide bonds. The van der Waals surface area contributed by atoms with Gasteiger partial charge in [-0.05, 0) is 38.1 Å². The van der Waals surface area contributed by atoms with E-state index in [-0.39, 0.29) is 40.8 Å². The van der Waals surface area contributed by atoms with Crippen molar-refractivity contribution < 1.29 is 18.8 Å². The standard InChI is InChI=1S/C22H21ClFN5O4/c1-12(2)29-22(33)15-6-4-3-5-14(15)19(28-29)21(32)27-26-18(30)9-10-25-20(31)16-8-7-13(24)11-17(16)23/h3-8,11-12H,9-10H2,1-2H3,(H,25,31)(H,26,30)(H,27,32). The second kappa shape index (κ2) is 10.2. The lowest BCUT2D eigenvalue weighted by atomic mass is 10.1. The molecule has 0 aliphatic rings. The summed E-state index contributed by atoms with van der Waals surface area (Å²) in [5.74, 6) is -2.41. The van der Waals surface area contributed by atoms with Gasteiger partial charge in [0.05, 0.1) is 22.0 Å². The van der Waals surface area contributed by atoms with Gasteiger partial charge in [0.2, 0.25) is 5.91 Å². The van der Waals surface area contributed by atoms with Crippen molar-refractivity contribution in [2.75, 3.05) is 6.54 Å². The maximum absolute atomic E-state index is 13.1. The van der Waals surface area contributed by atoms with Crippen molar-refractivity contribution in [2.24, 2.45) is 0 Å². The summed E-state index contributed by atoms with van der Waals surface area (Å²) in [6.45, 7) is 3.48. The summed E-state index contributed by atoms with van der Waals surface area (Å²) in [5.41, 5.74) is 4.26. The van der Waals surface area contributed by atoms with Crippen molar-refractivity contribution in [3.63, 3.8) is 0 Å². The largest absolute Gasteiger partial charge is 0.351 e. The van der Waals surface area contributed by atoms with Gasteiger partial charge in [-0.1, -0.05) is 29.8 Å². The summed E-state index contributed by atoms with van der Waals surface area (Å²) in [6.07, 6.45) is -0.148. The van der Waals surface area contributed by atoms with Gasteiger partial charge in [0.25, 0.3) is 17.4 Å². The molecule has 1 heterocycles. The molecule has 1 aromatic heterocycles. The number of carbonyl (C=O) groups is 3. The Bertz CT molecular complexity index is 1290. The van der Waals surface area contributed by atoms with Crippen LogP contribution in [0.2, 0.25) is 5.02 Å². The molecule has 11 heteroatoms. The van der Waals surface area contributed by atoms with Crippen molar-refractivity contribution in [1.29, 1.82) is 0 Å². The van der Waals surface area contributed by atoms with Crippen LogP contribution in [-0.4, -0.2) is 34.0 Å². The van der Waals surface area contributed by atoms with Gasteiger partial charge in [-0.25, -0.2) is 9.07 Å². The fraction of sp³-hybridized carbons (Fsp3) is 0.227. The highest BCUT2D eigenvalue weighted by Crippen LogP contribution is 2.17. The van der Waals surface area contributed by atoms with Crippen molar-refractivity contribution >= 4 is 40.1 Å². The molecule has 0 atom stereocenters. The normalized spacial score (nSPS) is 10.8. The highest BCUT2D eigenvalue weighted by atomic mass is 35.5. The summed E-state index contributed by atoms with van der Waals surface area (Å²) >= 11 is 5.84. The lowest BCUT2D eigenvalue weighted by Gasteiger charge is -2.14. The number of carbonyl (C=O) groups excluding carboxylic acids is 3. The Kier molecular flexibility index (Phi) is 7.39. The van der Waals surface area contributed by atoms with Gasteiger partial charge in [-0.2, -0.15) is 5.10 Å². The average molecular weight is 474 g/mol. The molecule has 172 valence electrons. The molecule has 33 heavy (non-hydrogen) atoms. The molecule has 3 N–H and O–H groups in total. The zero-order valence-electron chi connectivity index (χ0n) is 17.8. The lowest BCUT2D eigenvalue weighted by molar-refractivity contribution is -0.121. The minimum absolute atomic E-state index is 0.0153. The van der Waals surface area contributed by atoms with E-state index >= 15 is 0 Å². The van der Waals surface area contributed by atoms with E-state index in [0.29, 0.717) is 10.8 Å². The van der Waals surface area contributed by atoms with Crippen LogP contribution < -0.4 is 21.7 Å². The smallest absolute Gasteiger partial charge is 0.290 e. The number of halogens is 2. The Morgan fingerprint density at radius 3 is 2.42 bits per heavy atom. The number of rotatable bonds is 6. The van der Waals surface area contributed by atoms with Crippen LogP contribution in [0.15, 0.2) is 47.3 Å². The van der Waals surface area contributed by atoms with Gasteiger partial charge in [0.15, 0.2) is 5.69 Å². The van der Waals surface area contributed by atoms with Crippen LogP contribution in [0.1, 0.15) is 47.2 Å². The van der Waals surface area contributed by atoms with Gasteiger partial charge >= 0.3 is 0 Å². The summed E-state index contributed by atoms with van der Waals surface area (Å²) in [5, 5.41) is 7.29. The first kappa shape index (κ1) is 23.9. The number of hydrogen-bond acceptors (Lipinski definition) is 5. The van der Waals surface area contributed by atoms with Crippen LogP contribution in [0.5, 0.6) is 0 Å². The molecule has 0 aliphatic heterocycles. The molecule has 0 aliphatic carbocycles. The molecule has 0 saturated carbocycles.